The van der Waals surface area contributed by atoms with E-state index in [1.54, 1.807) is 0 Å². The van der Waals surface area contributed by atoms with Crippen molar-refractivity contribution in [2.75, 3.05) is 9.80 Å². The molecule has 0 aliphatic carbocycles. The molecule has 0 unspecified atom stereocenters. The summed E-state index contributed by atoms with van der Waals surface area (Å²) in [4.78, 5) is 5.31. The predicted molar refractivity (Wildman–Crippen MR) is 337 cm³/mol. The maximum Gasteiger partial charge on any atom is 0.252 e. The van der Waals surface area contributed by atoms with Crippen molar-refractivity contribution in [2.24, 2.45) is 0 Å². The molecule has 0 fully saturated rings. The van der Waals surface area contributed by atoms with Crippen molar-refractivity contribution in [3.05, 3.63) is 297 Å². The van der Waals surface area contributed by atoms with E-state index in [0.717, 1.165) is 55.9 Å². The van der Waals surface area contributed by atoms with E-state index >= 15 is 0 Å². The van der Waals surface area contributed by atoms with Gasteiger partial charge in [0.2, 0.25) is 0 Å². The molecule has 0 aromatic heterocycles. The number of para-hydroxylation sites is 1. The Hall–Kier alpha value is -9.70. The largest absolute Gasteiger partial charge is 0.310 e. The van der Waals surface area contributed by atoms with Gasteiger partial charge in [-0.05, 0) is 132 Å². The topological polar surface area (TPSA) is 6.48 Å². The fourth-order valence-electron chi connectivity index (χ4n) is 12.4. The van der Waals surface area contributed by atoms with Crippen LogP contribution in [0.4, 0.5) is 34.1 Å². The highest BCUT2D eigenvalue weighted by Crippen LogP contribution is 2.55. The second-order valence-corrected chi connectivity index (χ2v) is 22.0. The molecular formula is C76H57BN2. The number of benzene rings is 12. The molecule has 0 saturated carbocycles. The normalized spacial score (nSPS) is 12.4. The van der Waals surface area contributed by atoms with Crippen LogP contribution in [0.5, 0.6) is 0 Å². The van der Waals surface area contributed by atoms with Gasteiger partial charge in [-0.25, -0.2) is 0 Å². The van der Waals surface area contributed by atoms with Gasteiger partial charge in [-0.1, -0.05) is 263 Å². The van der Waals surface area contributed by atoms with Crippen LogP contribution >= 0.6 is 0 Å². The van der Waals surface area contributed by atoms with Crippen LogP contribution in [-0.4, -0.2) is 6.71 Å². The molecule has 79 heavy (non-hydrogen) atoms. The van der Waals surface area contributed by atoms with Gasteiger partial charge < -0.3 is 9.80 Å². The molecule has 0 saturated heterocycles. The third-order valence-electron chi connectivity index (χ3n) is 16.2. The average molecular weight is 1010 g/mol. The average Bonchev–Trinajstić information content (AvgIpc) is 2.55. The van der Waals surface area contributed by atoms with E-state index in [-0.39, 0.29) is 12.1 Å². The Labute approximate surface area is 465 Å². The van der Waals surface area contributed by atoms with Crippen LogP contribution in [0.1, 0.15) is 26.3 Å². The maximum atomic E-state index is 2.66. The molecule has 0 bridgehead atoms. The third-order valence-corrected chi connectivity index (χ3v) is 16.2. The number of fused-ring (bicyclic) bond motifs is 4. The lowest BCUT2D eigenvalue weighted by atomic mass is 9.33. The summed E-state index contributed by atoms with van der Waals surface area (Å²) in [7, 11) is 0. The summed E-state index contributed by atoms with van der Waals surface area (Å²) in [5.74, 6) is 0. The SMILES string of the molecule is CC(C)(C)c1cc2c3c(c1)N(c1c(-c4ccccc4)cc(-c4ccccc4)cc1-c1ccccc1)c1ccc(-c4ccccc4)cc1B3c1ccccc1N2c1c(-c2ccccc2)cc(-c2ccccc2)cc1-c1ccccc1. The molecule has 374 valence electrons. The van der Waals surface area contributed by atoms with Crippen LogP contribution in [0.3, 0.4) is 0 Å². The monoisotopic (exact) mass is 1010 g/mol. The lowest BCUT2D eigenvalue weighted by Crippen LogP contribution is -2.61. The van der Waals surface area contributed by atoms with Gasteiger partial charge in [0.1, 0.15) is 0 Å². The van der Waals surface area contributed by atoms with Crippen molar-refractivity contribution in [3.63, 3.8) is 0 Å². The second kappa shape index (κ2) is 19.7. The number of anilines is 6. The summed E-state index contributed by atoms with van der Waals surface area (Å²) in [6.07, 6.45) is 0. The van der Waals surface area contributed by atoms with Crippen molar-refractivity contribution in [1.29, 1.82) is 0 Å². The highest BCUT2D eigenvalue weighted by atomic mass is 15.2. The molecule has 2 nitrogen and oxygen atoms in total. The van der Waals surface area contributed by atoms with Crippen LogP contribution in [-0.2, 0) is 5.41 Å². The summed E-state index contributed by atoms with van der Waals surface area (Å²) in [5, 5.41) is 0. The van der Waals surface area contributed by atoms with Gasteiger partial charge in [-0.15, -0.1) is 0 Å². The Kier molecular flexibility index (Phi) is 11.9. The fourth-order valence-corrected chi connectivity index (χ4v) is 12.4. The first kappa shape index (κ1) is 47.7. The molecule has 12 aromatic rings. The number of nitrogens with zero attached hydrogens (tertiary/aromatic N) is 2. The minimum absolute atomic E-state index is 0.116. The van der Waals surface area contributed by atoms with Crippen LogP contribution < -0.4 is 26.2 Å². The zero-order valence-corrected chi connectivity index (χ0v) is 44.7. The Balaban J connectivity index is 1.16. The van der Waals surface area contributed by atoms with Crippen LogP contribution in [0.15, 0.2) is 291 Å². The Bertz CT molecular complexity index is 4060. The summed E-state index contributed by atoms with van der Waals surface area (Å²) in [5.41, 5.74) is 28.2. The number of hydrogen-bond acceptors (Lipinski definition) is 2. The van der Waals surface area contributed by atoms with Crippen LogP contribution in [0, 0.1) is 0 Å². The van der Waals surface area contributed by atoms with E-state index in [2.05, 4.69) is 322 Å². The van der Waals surface area contributed by atoms with E-state index in [0.29, 0.717) is 0 Å². The predicted octanol–water partition coefficient (Wildman–Crippen LogP) is 18.7. The highest BCUT2D eigenvalue weighted by molar-refractivity contribution is 7.00. The van der Waals surface area contributed by atoms with Gasteiger partial charge in [-0.2, -0.15) is 0 Å². The molecule has 2 aliphatic heterocycles. The van der Waals surface area contributed by atoms with E-state index in [9.17, 15) is 0 Å². The zero-order valence-electron chi connectivity index (χ0n) is 44.7. The lowest BCUT2D eigenvalue weighted by Gasteiger charge is -2.46. The minimum atomic E-state index is -0.240. The third kappa shape index (κ3) is 8.47. The molecule has 0 amide bonds. The van der Waals surface area contributed by atoms with E-state index < -0.39 is 0 Å². The van der Waals surface area contributed by atoms with Gasteiger partial charge >= 0.3 is 0 Å². The van der Waals surface area contributed by atoms with Crippen LogP contribution in [0.25, 0.3) is 77.9 Å². The number of hydrogen-bond donors (Lipinski definition) is 0. The summed E-state index contributed by atoms with van der Waals surface area (Å²) < 4.78 is 0. The van der Waals surface area contributed by atoms with E-state index in [4.69, 9.17) is 0 Å². The highest BCUT2D eigenvalue weighted by Gasteiger charge is 2.46. The fraction of sp³-hybridized carbons (Fsp3) is 0.0526. The zero-order chi connectivity index (χ0) is 53.0. The minimum Gasteiger partial charge on any atom is -0.310 e. The molecule has 2 heterocycles. The molecule has 0 radical (unpaired) electrons. The van der Waals surface area contributed by atoms with Gasteiger partial charge in [0, 0.05) is 45.0 Å². The second-order valence-electron chi connectivity index (χ2n) is 22.0. The Morgan fingerprint density at radius 2 is 0.570 bits per heavy atom. The first-order valence-corrected chi connectivity index (χ1v) is 27.6. The Morgan fingerprint density at radius 1 is 0.253 bits per heavy atom. The van der Waals surface area contributed by atoms with E-state index in [1.165, 1.54) is 78.1 Å². The maximum absolute atomic E-state index is 2.66. The van der Waals surface area contributed by atoms with Crippen molar-refractivity contribution in [2.45, 2.75) is 26.2 Å². The molecule has 2 aliphatic rings. The van der Waals surface area contributed by atoms with Gasteiger partial charge in [0.15, 0.2) is 0 Å². The molecular weight excluding hydrogens is 952 g/mol. The first-order chi connectivity index (χ1) is 38.9. The smallest absolute Gasteiger partial charge is 0.252 e. The number of rotatable bonds is 9. The molecule has 0 spiro atoms. The summed E-state index contributed by atoms with van der Waals surface area (Å²) in [6, 6.07) is 108. The van der Waals surface area contributed by atoms with Crippen molar-refractivity contribution in [1.82, 2.24) is 0 Å². The molecule has 0 N–H and O–H groups in total. The molecule has 0 atom stereocenters. The van der Waals surface area contributed by atoms with E-state index in [1.807, 2.05) is 0 Å². The Morgan fingerprint density at radius 3 is 0.937 bits per heavy atom. The quantitative estimate of drug-likeness (QED) is 0.133. The van der Waals surface area contributed by atoms with Gasteiger partial charge in [-0.3, -0.25) is 0 Å². The first-order valence-electron chi connectivity index (χ1n) is 27.6. The summed E-state index contributed by atoms with van der Waals surface area (Å²) >= 11 is 0. The molecule has 12 aromatic carbocycles. The van der Waals surface area contributed by atoms with Gasteiger partial charge in [0.25, 0.3) is 6.71 Å². The standard InChI is InChI=1S/C76H57BN2/c1-76(2,3)62-50-71-73-72(51-62)79(75-65(57-37-21-9-22-38-57)47-61(54-31-15-6-16-32-54)48-66(75)58-39-23-10-24-40-58)70-44-43-59(52-27-11-4-12-28-52)49-68(70)77(73)67-41-25-26-42-69(67)78(71)74-63(55-33-17-7-18-34-55)45-60(53-29-13-5-14-30-53)46-64(74)56-35-19-8-20-36-56/h4-51H,1-3H3. The molecule has 14 rings (SSSR count). The lowest BCUT2D eigenvalue weighted by molar-refractivity contribution is 0.590. The van der Waals surface area contributed by atoms with Crippen molar-refractivity contribution in [3.8, 4) is 77.9 Å². The van der Waals surface area contributed by atoms with Crippen molar-refractivity contribution < 1.29 is 0 Å². The van der Waals surface area contributed by atoms with Gasteiger partial charge in [0.05, 0.1) is 11.4 Å². The van der Waals surface area contributed by atoms with Crippen LogP contribution in [0.2, 0.25) is 0 Å². The summed E-state index contributed by atoms with van der Waals surface area (Å²) in [6.45, 7) is 6.99. The molecule has 3 heteroatoms. The van der Waals surface area contributed by atoms with Crippen molar-refractivity contribution >= 4 is 57.2 Å².